The van der Waals surface area contributed by atoms with E-state index in [-0.39, 0.29) is 23.1 Å². The van der Waals surface area contributed by atoms with E-state index in [0.717, 1.165) is 6.54 Å². The summed E-state index contributed by atoms with van der Waals surface area (Å²) in [7, 11) is 0. The SMILES string of the molecule is O=Cc1cc(OCc2cc(C(F)(F)F)ccc2C(F)(F)F)cc(OCC2CN2)c1. The van der Waals surface area contributed by atoms with Crippen LogP contribution in [0.3, 0.4) is 0 Å². The summed E-state index contributed by atoms with van der Waals surface area (Å²) in [5.74, 6) is 0.261. The van der Waals surface area contributed by atoms with Gasteiger partial charge in [0.1, 0.15) is 31.0 Å². The number of halogens is 6. The summed E-state index contributed by atoms with van der Waals surface area (Å²) >= 11 is 0. The molecular weight excluding hydrogens is 404 g/mol. The molecule has 156 valence electrons. The molecular formula is C19H15F6NO3. The molecule has 0 radical (unpaired) electrons. The lowest BCUT2D eigenvalue weighted by Gasteiger charge is -2.17. The number of hydrogen-bond acceptors (Lipinski definition) is 4. The standard InChI is InChI=1S/C19H15F6NO3/c20-18(21,22)13-1-2-17(19(23,24)25)12(5-13)9-28-15-3-11(8-27)4-16(6-15)29-10-14-7-26-14/h1-6,8,14,26H,7,9-10H2. The van der Waals surface area contributed by atoms with Crippen molar-refractivity contribution in [1.29, 1.82) is 0 Å². The summed E-state index contributed by atoms with van der Waals surface area (Å²) < 4.78 is 88.9. The maximum atomic E-state index is 13.2. The number of carbonyl (C=O) groups is 1. The third-order valence-electron chi connectivity index (χ3n) is 4.11. The van der Waals surface area contributed by atoms with Crippen molar-refractivity contribution in [2.24, 2.45) is 0 Å². The topological polar surface area (TPSA) is 57.5 Å². The van der Waals surface area contributed by atoms with Gasteiger partial charge >= 0.3 is 12.4 Å². The average Bonchev–Trinajstić information content (AvgIpc) is 3.47. The Labute approximate surface area is 161 Å². The largest absolute Gasteiger partial charge is 0.492 e. The fraction of sp³-hybridized carbons (Fsp3) is 0.316. The van der Waals surface area contributed by atoms with Crippen LogP contribution >= 0.6 is 0 Å². The molecule has 1 heterocycles. The molecule has 2 aromatic carbocycles. The van der Waals surface area contributed by atoms with Crippen LogP contribution in [0.4, 0.5) is 26.3 Å². The molecule has 0 aromatic heterocycles. The van der Waals surface area contributed by atoms with E-state index in [1.165, 1.54) is 18.2 Å². The molecule has 1 fully saturated rings. The first-order valence-electron chi connectivity index (χ1n) is 8.43. The number of hydrogen-bond donors (Lipinski definition) is 1. The summed E-state index contributed by atoms with van der Waals surface area (Å²) in [6, 6.07) is 5.37. The van der Waals surface area contributed by atoms with Gasteiger partial charge in [-0.1, -0.05) is 0 Å². The van der Waals surface area contributed by atoms with E-state index in [0.29, 0.717) is 31.1 Å². The summed E-state index contributed by atoms with van der Waals surface area (Å²) in [6.07, 6.45) is -9.15. The highest BCUT2D eigenvalue weighted by Crippen LogP contribution is 2.37. The van der Waals surface area contributed by atoms with E-state index in [1.54, 1.807) is 0 Å². The first kappa shape index (κ1) is 21.0. The first-order valence-corrected chi connectivity index (χ1v) is 8.43. The quantitative estimate of drug-likeness (QED) is 0.409. The minimum atomic E-state index is -4.85. The van der Waals surface area contributed by atoms with Gasteiger partial charge in [-0.15, -0.1) is 0 Å². The molecule has 1 aliphatic rings. The third kappa shape index (κ3) is 5.63. The number of rotatable bonds is 7. The van der Waals surface area contributed by atoms with Gasteiger partial charge in [0.25, 0.3) is 0 Å². The monoisotopic (exact) mass is 419 g/mol. The minimum absolute atomic E-state index is 0.00103. The summed E-state index contributed by atoms with van der Waals surface area (Å²) in [4.78, 5) is 11.1. The Morgan fingerprint density at radius 3 is 2.17 bits per heavy atom. The zero-order chi connectivity index (χ0) is 21.2. The van der Waals surface area contributed by atoms with Crippen LogP contribution in [-0.4, -0.2) is 25.5 Å². The molecule has 4 nitrogen and oxygen atoms in total. The fourth-order valence-electron chi connectivity index (χ4n) is 2.55. The summed E-state index contributed by atoms with van der Waals surface area (Å²) in [5, 5.41) is 3.01. The maximum absolute atomic E-state index is 13.2. The summed E-state index contributed by atoms with van der Waals surface area (Å²) in [6.45, 7) is 0.338. The lowest BCUT2D eigenvalue weighted by atomic mass is 10.0. The minimum Gasteiger partial charge on any atom is -0.492 e. The van der Waals surface area contributed by atoms with Gasteiger partial charge in [-0.05, 0) is 30.3 Å². The molecule has 1 atom stereocenters. The van der Waals surface area contributed by atoms with Crippen molar-refractivity contribution in [3.05, 3.63) is 58.7 Å². The van der Waals surface area contributed by atoms with Crippen LogP contribution < -0.4 is 14.8 Å². The van der Waals surface area contributed by atoms with Crippen molar-refractivity contribution in [3.63, 3.8) is 0 Å². The van der Waals surface area contributed by atoms with Crippen LogP contribution in [0.2, 0.25) is 0 Å². The first-order chi connectivity index (χ1) is 13.6. The van der Waals surface area contributed by atoms with Gasteiger partial charge < -0.3 is 14.8 Å². The number of nitrogens with one attached hydrogen (secondary N) is 1. The van der Waals surface area contributed by atoms with Crippen LogP contribution in [0.1, 0.15) is 27.0 Å². The molecule has 0 saturated carbocycles. The zero-order valence-electron chi connectivity index (χ0n) is 14.7. The van der Waals surface area contributed by atoms with Crippen molar-refractivity contribution in [3.8, 4) is 11.5 Å². The van der Waals surface area contributed by atoms with E-state index in [9.17, 15) is 31.1 Å². The Morgan fingerprint density at radius 1 is 0.966 bits per heavy atom. The molecule has 1 saturated heterocycles. The van der Waals surface area contributed by atoms with Crippen LogP contribution in [0.5, 0.6) is 11.5 Å². The number of aldehydes is 1. The van der Waals surface area contributed by atoms with Gasteiger partial charge in [0.15, 0.2) is 0 Å². The predicted molar refractivity (Wildman–Crippen MR) is 89.9 cm³/mol. The second-order valence-electron chi connectivity index (χ2n) is 6.43. The van der Waals surface area contributed by atoms with Crippen LogP contribution in [0, 0.1) is 0 Å². The Hall–Kier alpha value is -2.75. The molecule has 1 aliphatic heterocycles. The maximum Gasteiger partial charge on any atom is 0.416 e. The lowest BCUT2D eigenvalue weighted by Crippen LogP contribution is -2.14. The fourth-order valence-corrected chi connectivity index (χ4v) is 2.55. The molecule has 3 rings (SSSR count). The van der Waals surface area contributed by atoms with Crippen molar-refractivity contribution >= 4 is 6.29 Å². The van der Waals surface area contributed by atoms with E-state index in [4.69, 9.17) is 9.47 Å². The molecule has 29 heavy (non-hydrogen) atoms. The predicted octanol–water partition coefficient (Wildman–Crippen LogP) is 4.47. The molecule has 1 unspecified atom stereocenters. The number of carbonyl (C=O) groups excluding carboxylic acids is 1. The molecule has 0 aliphatic carbocycles. The van der Waals surface area contributed by atoms with Crippen LogP contribution in [0.25, 0.3) is 0 Å². The average molecular weight is 419 g/mol. The highest BCUT2D eigenvalue weighted by atomic mass is 19.4. The number of ether oxygens (including phenoxy) is 2. The second-order valence-corrected chi connectivity index (χ2v) is 6.43. The van der Waals surface area contributed by atoms with Crippen LogP contribution in [0.15, 0.2) is 36.4 Å². The summed E-state index contributed by atoms with van der Waals surface area (Å²) in [5.41, 5.74) is -2.96. The Bertz CT molecular complexity index is 890. The smallest absolute Gasteiger partial charge is 0.416 e. The molecule has 0 spiro atoms. The number of benzene rings is 2. The highest BCUT2D eigenvalue weighted by molar-refractivity contribution is 5.76. The Balaban J connectivity index is 1.84. The third-order valence-corrected chi connectivity index (χ3v) is 4.11. The molecule has 10 heteroatoms. The van der Waals surface area contributed by atoms with Gasteiger partial charge in [-0.2, -0.15) is 26.3 Å². The van der Waals surface area contributed by atoms with Gasteiger partial charge in [0, 0.05) is 23.7 Å². The molecule has 1 N–H and O–H groups in total. The van der Waals surface area contributed by atoms with E-state index >= 15 is 0 Å². The van der Waals surface area contributed by atoms with Gasteiger partial charge in [0.2, 0.25) is 0 Å². The van der Waals surface area contributed by atoms with E-state index in [1.807, 2.05) is 0 Å². The zero-order valence-corrected chi connectivity index (χ0v) is 14.7. The van der Waals surface area contributed by atoms with Crippen molar-refractivity contribution in [1.82, 2.24) is 5.32 Å². The van der Waals surface area contributed by atoms with Crippen molar-refractivity contribution < 1.29 is 40.6 Å². The molecule has 2 aromatic rings. The van der Waals surface area contributed by atoms with E-state index < -0.39 is 35.6 Å². The number of alkyl halides is 6. The Kier molecular flexibility index (Phi) is 5.74. The normalized spacial score (nSPS) is 16.4. The second kappa shape index (κ2) is 7.94. The van der Waals surface area contributed by atoms with Crippen LogP contribution in [-0.2, 0) is 19.0 Å². The highest BCUT2D eigenvalue weighted by Gasteiger charge is 2.37. The van der Waals surface area contributed by atoms with Gasteiger partial charge in [-0.25, -0.2) is 0 Å². The van der Waals surface area contributed by atoms with Crippen molar-refractivity contribution in [2.75, 3.05) is 13.2 Å². The lowest BCUT2D eigenvalue weighted by molar-refractivity contribution is -0.142. The van der Waals surface area contributed by atoms with Gasteiger partial charge in [0.05, 0.1) is 17.2 Å². The molecule has 0 bridgehead atoms. The molecule has 0 amide bonds. The van der Waals surface area contributed by atoms with E-state index in [2.05, 4.69) is 5.32 Å². The Morgan fingerprint density at radius 2 is 1.62 bits per heavy atom. The van der Waals surface area contributed by atoms with Gasteiger partial charge in [-0.3, -0.25) is 4.79 Å². The van der Waals surface area contributed by atoms with Crippen molar-refractivity contribution in [2.45, 2.75) is 25.0 Å².